The molecule has 0 aliphatic carbocycles. The summed E-state index contributed by atoms with van der Waals surface area (Å²) in [6, 6.07) is 9.98. The zero-order valence-corrected chi connectivity index (χ0v) is 10.9. The highest BCUT2D eigenvalue weighted by Crippen LogP contribution is 2.25. The van der Waals surface area contributed by atoms with Crippen LogP contribution in [0.25, 0.3) is 0 Å². The van der Waals surface area contributed by atoms with Gasteiger partial charge >= 0.3 is 0 Å². The minimum Gasteiger partial charge on any atom is -0.390 e. The van der Waals surface area contributed by atoms with Crippen LogP contribution in [-0.4, -0.2) is 22.4 Å². The van der Waals surface area contributed by atoms with Crippen LogP contribution in [0, 0.1) is 5.82 Å². The summed E-state index contributed by atoms with van der Waals surface area (Å²) in [6.07, 6.45) is 0. The lowest BCUT2D eigenvalue weighted by molar-refractivity contribution is 0.275. The molecule has 5 heteroatoms. The molecule has 0 aliphatic heterocycles. The van der Waals surface area contributed by atoms with E-state index in [4.69, 9.17) is 5.11 Å². The predicted molar refractivity (Wildman–Crippen MR) is 71.2 cm³/mol. The Morgan fingerprint density at radius 1 is 1.21 bits per heavy atom. The van der Waals surface area contributed by atoms with Crippen LogP contribution in [0.3, 0.4) is 0 Å². The Hall–Kier alpha value is -2.01. The molecule has 0 amide bonds. The van der Waals surface area contributed by atoms with Gasteiger partial charge in [0, 0.05) is 12.6 Å². The van der Waals surface area contributed by atoms with Gasteiger partial charge in [0.05, 0.1) is 18.3 Å². The number of aromatic nitrogens is 2. The number of benzene rings is 1. The quantitative estimate of drug-likeness (QED) is 0.917. The Morgan fingerprint density at radius 2 is 1.95 bits per heavy atom. The number of aliphatic hydroxyl groups excluding tert-OH is 1. The lowest BCUT2D eigenvalue weighted by Gasteiger charge is -2.26. The Morgan fingerprint density at radius 3 is 2.53 bits per heavy atom. The van der Waals surface area contributed by atoms with E-state index in [2.05, 4.69) is 10.2 Å². The minimum absolute atomic E-state index is 0.139. The van der Waals surface area contributed by atoms with E-state index in [1.165, 1.54) is 6.07 Å². The van der Waals surface area contributed by atoms with Crippen molar-refractivity contribution in [3.8, 4) is 0 Å². The van der Waals surface area contributed by atoms with Crippen LogP contribution in [0.1, 0.15) is 24.2 Å². The van der Waals surface area contributed by atoms with Crippen LogP contribution < -0.4 is 4.90 Å². The van der Waals surface area contributed by atoms with Gasteiger partial charge in [-0.3, -0.25) is 0 Å². The third kappa shape index (κ3) is 2.88. The number of anilines is 1. The molecule has 0 bridgehead atoms. The lowest BCUT2D eigenvalue weighted by Crippen LogP contribution is -2.23. The number of hydrogen-bond donors (Lipinski definition) is 1. The first kappa shape index (κ1) is 13.4. The van der Waals surface area contributed by atoms with Crippen molar-refractivity contribution in [3.63, 3.8) is 0 Å². The SMILES string of the molecule is CC(c1ccccc1F)N(C)c1ccc(CO)nn1. The van der Waals surface area contributed by atoms with E-state index in [1.54, 1.807) is 24.3 Å². The van der Waals surface area contributed by atoms with Gasteiger partial charge in [-0.1, -0.05) is 18.2 Å². The lowest BCUT2D eigenvalue weighted by atomic mass is 10.1. The summed E-state index contributed by atoms with van der Waals surface area (Å²) >= 11 is 0. The van der Waals surface area contributed by atoms with Gasteiger partial charge in [-0.05, 0) is 25.1 Å². The summed E-state index contributed by atoms with van der Waals surface area (Å²) in [5.74, 6) is 0.398. The van der Waals surface area contributed by atoms with E-state index >= 15 is 0 Å². The van der Waals surface area contributed by atoms with Crippen molar-refractivity contribution in [1.29, 1.82) is 0 Å². The van der Waals surface area contributed by atoms with Crippen LogP contribution in [0.5, 0.6) is 0 Å². The molecular weight excluding hydrogens is 245 g/mol. The third-order valence-electron chi connectivity index (χ3n) is 3.17. The van der Waals surface area contributed by atoms with Crippen LogP contribution in [-0.2, 0) is 6.61 Å². The maximum atomic E-state index is 13.7. The van der Waals surface area contributed by atoms with Crippen LogP contribution in [0.2, 0.25) is 0 Å². The average Bonchev–Trinajstić information content (AvgIpc) is 2.46. The largest absolute Gasteiger partial charge is 0.390 e. The summed E-state index contributed by atoms with van der Waals surface area (Å²) in [5, 5.41) is 16.8. The van der Waals surface area contributed by atoms with Gasteiger partial charge in [-0.25, -0.2) is 4.39 Å². The Balaban J connectivity index is 2.23. The van der Waals surface area contributed by atoms with E-state index in [-0.39, 0.29) is 18.5 Å². The normalized spacial score (nSPS) is 12.2. The topological polar surface area (TPSA) is 49.2 Å². The number of aliphatic hydroxyl groups is 1. The number of halogens is 1. The van der Waals surface area contributed by atoms with E-state index in [0.717, 1.165) is 0 Å². The molecule has 0 fully saturated rings. The van der Waals surface area contributed by atoms with Crippen molar-refractivity contribution in [3.05, 3.63) is 53.5 Å². The molecule has 0 aliphatic rings. The fraction of sp³-hybridized carbons (Fsp3) is 0.286. The zero-order valence-electron chi connectivity index (χ0n) is 10.9. The number of hydrogen-bond acceptors (Lipinski definition) is 4. The summed E-state index contributed by atoms with van der Waals surface area (Å²) in [6.45, 7) is 1.76. The van der Waals surface area contributed by atoms with Crippen molar-refractivity contribution in [2.24, 2.45) is 0 Å². The molecule has 2 aromatic rings. The highest BCUT2D eigenvalue weighted by Gasteiger charge is 2.16. The van der Waals surface area contributed by atoms with Gasteiger partial charge < -0.3 is 10.0 Å². The standard InChI is InChI=1S/C14H16FN3O/c1-10(12-5-3-4-6-13(12)15)18(2)14-8-7-11(9-19)16-17-14/h3-8,10,19H,9H2,1-2H3. The fourth-order valence-electron chi connectivity index (χ4n) is 1.85. The average molecular weight is 261 g/mol. The van der Waals surface area contributed by atoms with Crippen LogP contribution in [0.15, 0.2) is 36.4 Å². The molecule has 19 heavy (non-hydrogen) atoms. The predicted octanol–water partition coefficient (Wildman–Crippen LogP) is 2.31. The third-order valence-corrected chi connectivity index (χ3v) is 3.17. The molecule has 100 valence electrons. The second-order valence-corrected chi connectivity index (χ2v) is 4.35. The molecule has 1 aromatic heterocycles. The van der Waals surface area contributed by atoms with Crippen molar-refractivity contribution in [2.45, 2.75) is 19.6 Å². The van der Waals surface area contributed by atoms with Gasteiger partial charge in [0.25, 0.3) is 0 Å². The molecule has 2 rings (SSSR count). The highest BCUT2D eigenvalue weighted by molar-refractivity contribution is 5.40. The van der Waals surface area contributed by atoms with Crippen molar-refractivity contribution in [1.82, 2.24) is 10.2 Å². The van der Waals surface area contributed by atoms with Gasteiger partial charge in [-0.15, -0.1) is 5.10 Å². The van der Waals surface area contributed by atoms with Gasteiger partial charge in [0.2, 0.25) is 0 Å². The van der Waals surface area contributed by atoms with Gasteiger partial charge in [-0.2, -0.15) is 5.10 Å². The van der Waals surface area contributed by atoms with Gasteiger partial charge in [0.1, 0.15) is 5.82 Å². The molecule has 0 saturated heterocycles. The molecule has 1 heterocycles. The summed E-state index contributed by atoms with van der Waals surface area (Å²) in [7, 11) is 1.83. The van der Waals surface area contributed by atoms with E-state index in [9.17, 15) is 4.39 Å². The second kappa shape index (κ2) is 5.75. The Kier molecular flexibility index (Phi) is 4.06. The molecule has 1 unspecified atom stereocenters. The Bertz CT molecular complexity index is 545. The van der Waals surface area contributed by atoms with Gasteiger partial charge in [0.15, 0.2) is 5.82 Å². The molecule has 0 spiro atoms. The molecule has 0 saturated carbocycles. The molecule has 1 N–H and O–H groups in total. The zero-order chi connectivity index (χ0) is 13.8. The minimum atomic E-state index is -0.234. The van der Waals surface area contributed by atoms with Crippen molar-refractivity contribution < 1.29 is 9.50 Å². The first-order valence-electron chi connectivity index (χ1n) is 6.04. The number of nitrogens with zero attached hydrogens (tertiary/aromatic N) is 3. The molecule has 0 radical (unpaired) electrons. The first-order valence-corrected chi connectivity index (χ1v) is 6.04. The summed E-state index contributed by atoms with van der Waals surface area (Å²) in [5.41, 5.74) is 1.12. The van der Waals surface area contributed by atoms with Crippen LogP contribution in [0.4, 0.5) is 10.2 Å². The fourth-order valence-corrected chi connectivity index (χ4v) is 1.85. The maximum absolute atomic E-state index is 13.7. The number of rotatable bonds is 4. The second-order valence-electron chi connectivity index (χ2n) is 4.35. The molecule has 4 nitrogen and oxygen atoms in total. The van der Waals surface area contributed by atoms with Crippen LogP contribution >= 0.6 is 0 Å². The molecular formula is C14H16FN3O. The maximum Gasteiger partial charge on any atom is 0.151 e. The summed E-state index contributed by atoms with van der Waals surface area (Å²) < 4.78 is 13.7. The smallest absolute Gasteiger partial charge is 0.151 e. The van der Waals surface area contributed by atoms with E-state index in [0.29, 0.717) is 17.1 Å². The van der Waals surface area contributed by atoms with Crippen molar-refractivity contribution >= 4 is 5.82 Å². The monoisotopic (exact) mass is 261 g/mol. The molecule has 1 aromatic carbocycles. The highest BCUT2D eigenvalue weighted by atomic mass is 19.1. The molecule has 1 atom stereocenters. The first-order chi connectivity index (χ1) is 9.13. The summed E-state index contributed by atoms with van der Waals surface area (Å²) in [4.78, 5) is 1.84. The van der Waals surface area contributed by atoms with E-state index in [1.807, 2.05) is 24.9 Å². The van der Waals surface area contributed by atoms with E-state index < -0.39 is 0 Å². The van der Waals surface area contributed by atoms with Crippen molar-refractivity contribution in [2.75, 3.05) is 11.9 Å². The Labute approximate surface area is 111 Å².